The highest BCUT2D eigenvalue weighted by atomic mass is 19.4. The Bertz CT molecular complexity index is 1150. The highest BCUT2D eigenvalue weighted by Gasteiger charge is 2.59. The van der Waals surface area contributed by atoms with Gasteiger partial charge in [-0.2, -0.15) is 26.3 Å². The van der Waals surface area contributed by atoms with Gasteiger partial charge in [-0.3, -0.25) is 9.78 Å². The van der Waals surface area contributed by atoms with E-state index in [1.165, 1.54) is 0 Å². The largest absolute Gasteiger partial charge is 0.416 e. The molecule has 1 aromatic heterocycles. The molecule has 1 N–H and O–H groups in total. The van der Waals surface area contributed by atoms with Crippen molar-refractivity contribution >= 4 is 11.5 Å². The van der Waals surface area contributed by atoms with Gasteiger partial charge in [-0.1, -0.05) is 17.2 Å². The van der Waals surface area contributed by atoms with Crippen molar-refractivity contribution in [1.82, 2.24) is 10.3 Å². The van der Waals surface area contributed by atoms with Crippen molar-refractivity contribution in [3.05, 3.63) is 81.0 Å². The number of hydrogen-bond donors (Lipinski definition) is 1. The van der Waals surface area contributed by atoms with Gasteiger partial charge in [-0.05, 0) is 40.9 Å². The average molecular weight is 491 g/mol. The fourth-order valence-electron chi connectivity index (χ4n) is 3.50. The Morgan fingerprint density at radius 2 is 1.74 bits per heavy atom. The van der Waals surface area contributed by atoms with E-state index in [0.717, 1.165) is 18.3 Å². The molecule has 0 fully saturated rings. The molecule has 14 heteroatoms. The van der Waals surface area contributed by atoms with Crippen LogP contribution in [-0.2, 0) is 16.5 Å². The molecule has 2 aromatic rings. The van der Waals surface area contributed by atoms with E-state index < -0.39 is 59.9 Å². The van der Waals surface area contributed by atoms with Gasteiger partial charge < -0.3 is 5.32 Å². The van der Waals surface area contributed by atoms with Gasteiger partial charge in [0.15, 0.2) is 5.54 Å². The first kappa shape index (κ1) is 25.0. The summed E-state index contributed by atoms with van der Waals surface area (Å²) < 4.78 is 108. The minimum Gasteiger partial charge on any atom is -0.334 e. The number of amides is 1. The Morgan fingerprint density at radius 1 is 1.09 bits per heavy atom. The van der Waals surface area contributed by atoms with Gasteiger partial charge >= 0.3 is 12.4 Å². The normalized spacial score (nSPS) is 19.1. The fraction of sp³-hybridized carbons (Fsp3) is 0.300. The second kappa shape index (κ2) is 8.93. The first-order valence-electron chi connectivity index (χ1n) is 9.34. The van der Waals surface area contributed by atoms with Gasteiger partial charge in [0.2, 0.25) is 5.91 Å². The van der Waals surface area contributed by atoms with Crippen LogP contribution in [0.1, 0.15) is 35.2 Å². The summed E-state index contributed by atoms with van der Waals surface area (Å²) in [5, 5.41) is 5.00. The maximum absolute atomic E-state index is 14.4. The molecule has 0 spiro atoms. The van der Waals surface area contributed by atoms with Crippen molar-refractivity contribution < 1.29 is 39.9 Å². The van der Waals surface area contributed by atoms with Crippen LogP contribution in [-0.4, -0.2) is 23.6 Å². The summed E-state index contributed by atoms with van der Waals surface area (Å²) in [6.07, 6.45) is -13.2. The number of carbonyl (C=O) groups excluding carboxylic acids is 1. The van der Waals surface area contributed by atoms with E-state index in [2.05, 4.69) is 15.0 Å². The van der Waals surface area contributed by atoms with Gasteiger partial charge in [0.25, 0.3) is 6.43 Å². The molecule has 0 saturated carbocycles. The molecule has 0 saturated heterocycles. The number of hydrogen-bond acceptors (Lipinski definition) is 3. The molecule has 0 radical (unpaired) electrons. The molecule has 6 nitrogen and oxygen atoms in total. The van der Waals surface area contributed by atoms with Crippen LogP contribution in [0, 0.1) is 0 Å². The SMILES string of the molecule is [N-]=[N+]=NCC1=C(c2ccc(C(F)F)cn2)CC(c2ccc(C(F)(F)F)cc2)(C(F)(F)F)NC1=O. The maximum Gasteiger partial charge on any atom is 0.416 e. The summed E-state index contributed by atoms with van der Waals surface area (Å²) >= 11 is 0. The number of rotatable bonds is 5. The van der Waals surface area contributed by atoms with Crippen LogP contribution in [0.25, 0.3) is 16.0 Å². The lowest BCUT2D eigenvalue weighted by molar-refractivity contribution is -0.201. The van der Waals surface area contributed by atoms with Crippen LogP contribution < -0.4 is 5.32 Å². The number of azide groups is 1. The van der Waals surface area contributed by atoms with Crippen LogP contribution in [0.15, 0.2) is 53.3 Å². The van der Waals surface area contributed by atoms with Crippen LogP contribution in [0.2, 0.25) is 0 Å². The predicted molar refractivity (Wildman–Crippen MR) is 102 cm³/mol. The molecular formula is C20H13F8N5O. The zero-order valence-electron chi connectivity index (χ0n) is 16.8. The lowest BCUT2D eigenvalue weighted by Gasteiger charge is -2.41. The van der Waals surface area contributed by atoms with Crippen LogP contribution in [0.4, 0.5) is 35.1 Å². The Kier molecular flexibility index (Phi) is 6.56. The summed E-state index contributed by atoms with van der Waals surface area (Å²) in [6.45, 7) is -0.670. The van der Waals surface area contributed by atoms with E-state index in [1.54, 1.807) is 5.32 Å². The van der Waals surface area contributed by atoms with E-state index in [4.69, 9.17) is 5.53 Å². The fourth-order valence-corrected chi connectivity index (χ4v) is 3.50. The number of aromatic nitrogens is 1. The third-order valence-electron chi connectivity index (χ3n) is 5.24. The molecule has 1 amide bonds. The van der Waals surface area contributed by atoms with Crippen molar-refractivity contribution in [2.45, 2.75) is 30.7 Å². The molecule has 1 unspecified atom stereocenters. The molecular weight excluding hydrogens is 478 g/mol. The van der Waals surface area contributed by atoms with Gasteiger partial charge in [-0.15, -0.1) is 0 Å². The van der Waals surface area contributed by atoms with Gasteiger partial charge in [0.1, 0.15) is 0 Å². The highest BCUT2D eigenvalue weighted by Crippen LogP contribution is 2.48. The molecule has 34 heavy (non-hydrogen) atoms. The number of alkyl halides is 8. The second-order valence-corrected chi connectivity index (χ2v) is 7.23. The topological polar surface area (TPSA) is 90.8 Å². The van der Waals surface area contributed by atoms with Crippen LogP contribution in [0.3, 0.4) is 0 Å². The average Bonchev–Trinajstić information content (AvgIpc) is 2.76. The van der Waals surface area contributed by atoms with Crippen molar-refractivity contribution in [2.75, 3.05) is 6.54 Å². The monoisotopic (exact) mass is 491 g/mol. The maximum atomic E-state index is 14.4. The number of nitrogens with zero attached hydrogens (tertiary/aromatic N) is 4. The summed E-state index contributed by atoms with van der Waals surface area (Å²) in [6, 6.07) is 3.98. The standard InChI is InChI=1S/C20H13F8N5O/c21-16(22)10-1-6-15(30-8-10)13-7-18(20(26,27)28,32-17(34)14(13)9-31-33-29)11-2-4-12(5-3-11)19(23,24)25/h1-6,8,16H,7,9H2,(H,32,34). The van der Waals surface area contributed by atoms with Crippen molar-refractivity contribution in [3.8, 4) is 0 Å². The molecule has 1 aromatic carbocycles. The quantitative estimate of drug-likeness (QED) is 0.238. The van der Waals surface area contributed by atoms with Crippen molar-refractivity contribution in [2.24, 2.45) is 5.11 Å². The second-order valence-electron chi connectivity index (χ2n) is 7.23. The summed E-state index contributed by atoms with van der Waals surface area (Å²) in [5.41, 5.74) is 2.01. The predicted octanol–water partition coefficient (Wildman–Crippen LogP) is 6.08. The summed E-state index contributed by atoms with van der Waals surface area (Å²) in [7, 11) is 0. The Hall–Kier alpha value is -3.67. The zero-order valence-corrected chi connectivity index (χ0v) is 16.8. The van der Waals surface area contributed by atoms with Gasteiger partial charge in [-0.25, -0.2) is 8.78 Å². The lowest BCUT2D eigenvalue weighted by Crippen LogP contribution is -2.59. The lowest BCUT2D eigenvalue weighted by atomic mass is 9.77. The first-order chi connectivity index (χ1) is 15.8. The highest BCUT2D eigenvalue weighted by molar-refractivity contribution is 6.04. The summed E-state index contributed by atoms with van der Waals surface area (Å²) in [4.78, 5) is 18.9. The molecule has 2 heterocycles. The summed E-state index contributed by atoms with van der Waals surface area (Å²) in [5.74, 6) is -1.30. The van der Waals surface area contributed by atoms with Crippen molar-refractivity contribution in [3.63, 3.8) is 0 Å². The number of pyridine rings is 1. The van der Waals surface area contributed by atoms with E-state index in [9.17, 15) is 39.9 Å². The van der Waals surface area contributed by atoms with Crippen LogP contribution in [0.5, 0.6) is 0 Å². The molecule has 0 aliphatic carbocycles. The minimum absolute atomic E-state index is 0.261. The molecule has 180 valence electrons. The Morgan fingerprint density at radius 3 is 2.21 bits per heavy atom. The third-order valence-corrected chi connectivity index (χ3v) is 5.24. The van der Waals surface area contributed by atoms with E-state index in [1.807, 2.05) is 0 Å². The van der Waals surface area contributed by atoms with E-state index in [-0.39, 0.29) is 16.8 Å². The van der Waals surface area contributed by atoms with Gasteiger partial charge in [0.05, 0.1) is 17.8 Å². The smallest absolute Gasteiger partial charge is 0.334 e. The van der Waals surface area contributed by atoms with E-state index >= 15 is 0 Å². The molecule has 1 aliphatic heterocycles. The molecule has 3 rings (SSSR count). The van der Waals surface area contributed by atoms with Crippen LogP contribution >= 0.6 is 0 Å². The van der Waals surface area contributed by atoms with Crippen molar-refractivity contribution in [1.29, 1.82) is 0 Å². The molecule has 1 aliphatic rings. The number of carbonyl (C=O) groups is 1. The zero-order chi connectivity index (χ0) is 25.3. The first-order valence-corrected chi connectivity index (χ1v) is 9.34. The Labute approximate surface area is 185 Å². The molecule has 1 atom stereocenters. The molecule has 0 bridgehead atoms. The Balaban J connectivity index is 2.19. The van der Waals surface area contributed by atoms with Gasteiger partial charge in [0, 0.05) is 28.7 Å². The number of nitrogens with one attached hydrogen (secondary N) is 1. The van der Waals surface area contributed by atoms with E-state index in [0.29, 0.717) is 24.3 Å². The number of benzene rings is 1. The third kappa shape index (κ3) is 4.67. The minimum atomic E-state index is -5.19. The number of halogens is 8.